The molecule has 0 spiro atoms. The van der Waals surface area contributed by atoms with E-state index in [2.05, 4.69) is 5.32 Å². The first-order valence-electron chi connectivity index (χ1n) is 12.6. The highest BCUT2D eigenvalue weighted by Crippen LogP contribution is 2.26. The van der Waals surface area contributed by atoms with Crippen molar-refractivity contribution in [3.63, 3.8) is 0 Å². The van der Waals surface area contributed by atoms with E-state index in [0.29, 0.717) is 13.0 Å². The Hall–Kier alpha value is -3.10. The molecule has 1 atom stereocenters. The number of rotatable bonds is 10. The van der Waals surface area contributed by atoms with Crippen LogP contribution < -0.4 is 11.0 Å². The smallest absolute Gasteiger partial charge is 0.407 e. The monoisotopic (exact) mass is 486 g/mol. The topological polar surface area (TPSA) is 114 Å². The van der Waals surface area contributed by atoms with Crippen molar-refractivity contribution in [2.24, 2.45) is 7.05 Å². The van der Waals surface area contributed by atoms with Gasteiger partial charge < -0.3 is 10.0 Å². The van der Waals surface area contributed by atoms with Gasteiger partial charge in [0.05, 0.1) is 11.0 Å². The van der Waals surface area contributed by atoms with Gasteiger partial charge in [-0.2, -0.15) is 0 Å². The normalized spacial score (nSPS) is 16.5. The predicted molar refractivity (Wildman–Crippen MR) is 134 cm³/mol. The van der Waals surface area contributed by atoms with Crippen molar-refractivity contribution >= 4 is 28.9 Å². The molecule has 0 saturated carbocycles. The molecule has 9 heteroatoms. The third kappa shape index (κ3) is 6.13. The van der Waals surface area contributed by atoms with Gasteiger partial charge in [-0.25, -0.2) is 9.59 Å². The molecule has 1 aromatic carbocycles. The van der Waals surface area contributed by atoms with Crippen molar-refractivity contribution in [2.75, 3.05) is 6.54 Å². The number of para-hydroxylation sites is 1. The molecule has 0 bridgehead atoms. The van der Waals surface area contributed by atoms with E-state index in [9.17, 15) is 24.3 Å². The first kappa shape index (κ1) is 26.5. The maximum atomic E-state index is 13.0. The fourth-order valence-electron chi connectivity index (χ4n) is 4.96. The van der Waals surface area contributed by atoms with Gasteiger partial charge in [0, 0.05) is 25.6 Å². The number of aromatic nitrogens is 2. The van der Waals surface area contributed by atoms with Gasteiger partial charge in [-0.15, -0.1) is 0 Å². The molecule has 9 nitrogen and oxygen atoms in total. The van der Waals surface area contributed by atoms with Crippen LogP contribution in [0.15, 0.2) is 23.0 Å². The number of imidazole rings is 1. The number of nitrogens with one attached hydrogen (secondary N) is 1. The number of aryl methyl sites for hydroxylation is 2. The van der Waals surface area contributed by atoms with Crippen LogP contribution in [-0.4, -0.2) is 49.1 Å². The zero-order valence-electron chi connectivity index (χ0n) is 21.3. The number of unbranched alkanes of at least 4 members (excludes halogenated alkanes) is 5. The standard InChI is InChI=1S/C26H38N4O5/c1-26(2,3)29(25(34)35)17-10-8-6-5-7-9-12-18-13-11-14-19-22(18)28(4)24(33)30(19)20-15-16-21(31)27-23(20)32/h11,13-14,20H,5-10,12,15-17H2,1-4H3,(H,34,35)(H,27,31,32). The number of carbonyl (C=O) groups is 3. The number of fused-ring (bicyclic) bond motifs is 1. The minimum absolute atomic E-state index is 0.226. The number of carboxylic acid groups (broad SMARTS) is 1. The lowest BCUT2D eigenvalue weighted by atomic mass is 10.0. The summed E-state index contributed by atoms with van der Waals surface area (Å²) in [4.78, 5) is 49.9. The lowest BCUT2D eigenvalue weighted by Gasteiger charge is -2.33. The molecule has 0 aliphatic carbocycles. The maximum absolute atomic E-state index is 13.0. The zero-order valence-corrected chi connectivity index (χ0v) is 21.3. The van der Waals surface area contributed by atoms with Crippen molar-refractivity contribution in [3.05, 3.63) is 34.2 Å². The molecule has 1 aliphatic heterocycles. The van der Waals surface area contributed by atoms with Crippen LogP contribution in [0.5, 0.6) is 0 Å². The van der Waals surface area contributed by atoms with E-state index < -0.39 is 18.0 Å². The third-order valence-electron chi connectivity index (χ3n) is 6.83. The summed E-state index contributed by atoms with van der Waals surface area (Å²) in [5.41, 5.74) is 2.02. The highest BCUT2D eigenvalue weighted by Gasteiger charge is 2.31. The molecule has 1 unspecified atom stereocenters. The number of imide groups is 1. The van der Waals surface area contributed by atoms with E-state index in [1.165, 1.54) is 9.47 Å². The summed E-state index contributed by atoms with van der Waals surface area (Å²) in [5.74, 6) is -0.719. The molecule has 3 amide bonds. The van der Waals surface area contributed by atoms with Crippen molar-refractivity contribution < 1.29 is 19.5 Å². The Kier molecular flexibility index (Phi) is 8.40. The molecule has 2 aromatic rings. The second kappa shape index (κ2) is 11.1. The van der Waals surface area contributed by atoms with Gasteiger partial charge in [0.15, 0.2) is 0 Å². The summed E-state index contributed by atoms with van der Waals surface area (Å²) in [6.07, 6.45) is 6.56. The Morgan fingerprint density at radius 3 is 2.37 bits per heavy atom. The third-order valence-corrected chi connectivity index (χ3v) is 6.83. The number of hydrogen-bond acceptors (Lipinski definition) is 4. The summed E-state index contributed by atoms with van der Waals surface area (Å²) < 4.78 is 3.14. The van der Waals surface area contributed by atoms with Crippen LogP contribution in [0.1, 0.15) is 83.7 Å². The van der Waals surface area contributed by atoms with E-state index in [4.69, 9.17) is 0 Å². The van der Waals surface area contributed by atoms with Crippen LogP contribution in [0.25, 0.3) is 11.0 Å². The second-order valence-corrected chi connectivity index (χ2v) is 10.4. The molecule has 1 aliphatic rings. The maximum Gasteiger partial charge on any atom is 0.407 e. The van der Waals surface area contributed by atoms with E-state index in [1.54, 1.807) is 11.6 Å². The number of amides is 3. The molecular formula is C26H38N4O5. The van der Waals surface area contributed by atoms with Crippen LogP contribution in [0.2, 0.25) is 0 Å². The molecule has 1 aromatic heterocycles. The zero-order chi connectivity index (χ0) is 25.8. The Balaban J connectivity index is 1.54. The lowest BCUT2D eigenvalue weighted by molar-refractivity contribution is -0.135. The van der Waals surface area contributed by atoms with Crippen LogP contribution in [-0.2, 0) is 23.1 Å². The summed E-state index contributed by atoms with van der Waals surface area (Å²) in [6.45, 7) is 6.29. The minimum atomic E-state index is -0.868. The van der Waals surface area contributed by atoms with Gasteiger partial charge in [-0.05, 0) is 58.1 Å². The molecule has 2 heterocycles. The highest BCUT2D eigenvalue weighted by molar-refractivity contribution is 6.00. The fourth-order valence-corrected chi connectivity index (χ4v) is 4.96. The van der Waals surface area contributed by atoms with Gasteiger partial charge in [-0.1, -0.05) is 37.8 Å². The van der Waals surface area contributed by atoms with Crippen LogP contribution in [0, 0.1) is 0 Å². The van der Waals surface area contributed by atoms with Crippen molar-refractivity contribution in [3.8, 4) is 0 Å². The van der Waals surface area contributed by atoms with E-state index in [-0.39, 0.29) is 23.6 Å². The van der Waals surface area contributed by atoms with Crippen LogP contribution >= 0.6 is 0 Å². The fraction of sp³-hybridized carbons (Fsp3) is 0.615. The highest BCUT2D eigenvalue weighted by atomic mass is 16.4. The molecule has 3 rings (SSSR count). The van der Waals surface area contributed by atoms with Gasteiger partial charge in [0.25, 0.3) is 0 Å². The Morgan fingerprint density at radius 2 is 1.74 bits per heavy atom. The Labute approximate surface area is 206 Å². The number of nitrogens with zero attached hydrogens (tertiary/aromatic N) is 3. The summed E-state index contributed by atoms with van der Waals surface area (Å²) >= 11 is 0. The van der Waals surface area contributed by atoms with Crippen molar-refractivity contribution in [2.45, 2.75) is 90.1 Å². The first-order valence-corrected chi connectivity index (χ1v) is 12.6. The van der Waals surface area contributed by atoms with E-state index >= 15 is 0 Å². The number of benzene rings is 1. The van der Waals surface area contributed by atoms with Gasteiger partial charge in [-0.3, -0.25) is 24.0 Å². The van der Waals surface area contributed by atoms with Gasteiger partial charge >= 0.3 is 11.8 Å². The van der Waals surface area contributed by atoms with Crippen LogP contribution in [0.4, 0.5) is 4.79 Å². The van der Waals surface area contributed by atoms with E-state index in [1.807, 2.05) is 39.0 Å². The van der Waals surface area contributed by atoms with E-state index in [0.717, 1.165) is 61.5 Å². The minimum Gasteiger partial charge on any atom is -0.465 e. The molecule has 192 valence electrons. The Morgan fingerprint density at radius 1 is 1.09 bits per heavy atom. The molecular weight excluding hydrogens is 448 g/mol. The summed E-state index contributed by atoms with van der Waals surface area (Å²) in [5, 5.41) is 11.7. The number of piperidine rings is 1. The van der Waals surface area contributed by atoms with Crippen molar-refractivity contribution in [1.29, 1.82) is 0 Å². The SMILES string of the molecule is Cn1c(=O)n(C2CCC(=O)NC2=O)c2cccc(CCCCCCCCN(C(=O)O)C(C)(C)C)c21. The molecule has 1 saturated heterocycles. The lowest BCUT2D eigenvalue weighted by Crippen LogP contribution is -2.45. The molecule has 2 N–H and O–H groups in total. The molecule has 1 fully saturated rings. The number of hydrogen-bond donors (Lipinski definition) is 2. The summed E-state index contributed by atoms with van der Waals surface area (Å²) in [6, 6.07) is 5.14. The average molecular weight is 487 g/mol. The van der Waals surface area contributed by atoms with Crippen LogP contribution in [0.3, 0.4) is 0 Å². The average Bonchev–Trinajstić information content (AvgIpc) is 3.02. The second-order valence-electron chi connectivity index (χ2n) is 10.4. The summed E-state index contributed by atoms with van der Waals surface area (Å²) in [7, 11) is 1.73. The van der Waals surface area contributed by atoms with Gasteiger partial charge in [0.2, 0.25) is 11.8 Å². The first-order chi connectivity index (χ1) is 16.5. The van der Waals surface area contributed by atoms with Crippen molar-refractivity contribution in [1.82, 2.24) is 19.4 Å². The largest absolute Gasteiger partial charge is 0.465 e. The number of carbonyl (C=O) groups excluding carboxylic acids is 2. The Bertz CT molecular complexity index is 1140. The predicted octanol–water partition coefficient (Wildman–Crippen LogP) is 3.98. The quantitative estimate of drug-likeness (QED) is 0.390. The molecule has 0 radical (unpaired) electrons. The van der Waals surface area contributed by atoms with Gasteiger partial charge in [0.1, 0.15) is 6.04 Å². The molecule has 35 heavy (non-hydrogen) atoms.